The van der Waals surface area contributed by atoms with E-state index in [1.54, 1.807) is 13.8 Å². The second-order valence-corrected chi connectivity index (χ2v) is 4.69. The fourth-order valence-corrected chi connectivity index (χ4v) is 1.64. The first-order chi connectivity index (χ1) is 10.4. The van der Waals surface area contributed by atoms with Gasteiger partial charge in [0.1, 0.15) is 11.6 Å². The monoisotopic (exact) mass is 377 g/mol. The Hall–Kier alpha value is -1.96. The summed E-state index contributed by atoms with van der Waals surface area (Å²) in [6, 6.07) is 2.00. The summed E-state index contributed by atoms with van der Waals surface area (Å²) in [4.78, 5) is 23.4. The molecule has 0 aliphatic carbocycles. The molecule has 1 aromatic rings. The van der Waals surface area contributed by atoms with Crippen molar-refractivity contribution < 1.29 is 27.8 Å². The van der Waals surface area contributed by atoms with E-state index in [0.717, 1.165) is 18.3 Å². The molecule has 1 N–H and O–H groups in total. The maximum absolute atomic E-state index is 13.4. The third-order valence-corrected chi connectivity index (χ3v) is 3.12. The fourth-order valence-electron chi connectivity index (χ4n) is 1.41. The van der Waals surface area contributed by atoms with E-state index < -0.39 is 29.1 Å². The van der Waals surface area contributed by atoms with E-state index in [0.29, 0.717) is 0 Å². The summed E-state index contributed by atoms with van der Waals surface area (Å²) in [5, 5.41) is 2.47. The van der Waals surface area contributed by atoms with Gasteiger partial charge in [-0.1, -0.05) is 0 Å². The molecule has 1 rings (SSSR count). The number of ether oxygens (including phenoxy) is 2. The second-order valence-electron chi connectivity index (χ2n) is 3.90. The number of benzene rings is 1. The van der Waals surface area contributed by atoms with Crippen molar-refractivity contribution >= 4 is 33.6 Å². The first-order valence-corrected chi connectivity index (χ1v) is 7.15. The number of rotatable bonds is 6. The van der Waals surface area contributed by atoms with Crippen molar-refractivity contribution in [2.75, 3.05) is 18.5 Å². The number of carbonyl (C=O) groups is 2. The normalized spacial score (nSPS) is 9.86. The van der Waals surface area contributed by atoms with Crippen LogP contribution < -0.4 is 5.32 Å². The van der Waals surface area contributed by atoms with Gasteiger partial charge >= 0.3 is 11.9 Å². The molecule has 0 aliphatic heterocycles. The van der Waals surface area contributed by atoms with Crippen LogP contribution in [0.4, 0.5) is 14.5 Å². The molecule has 8 heteroatoms. The topological polar surface area (TPSA) is 64.6 Å². The zero-order valence-electron chi connectivity index (χ0n) is 11.9. The van der Waals surface area contributed by atoms with Crippen LogP contribution >= 0.6 is 15.9 Å². The molecule has 0 saturated heterocycles. The molecular formula is C14H14BrF2NO4. The molecule has 0 aromatic heterocycles. The number of esters is 2. The lowest BCUT2D eigenvalue weighted by atomic mass is 10.2. The van der Waals surface area contributed by atoms with Crippen LogP contribution in [0.15, 0.2) is 28.4 Å². The van der Waals surface area contributed by atoms with Crippen molar-refractivity contribution in [1.82, 2.24) is 0 Å². The van der Waals surface area contributed by atoms with Gasteiger partial charge in [0, 0.05) is 11.9 Å². The minimum atomic E-state index is -0.897. The molecule has 0 atom stereocenters. The standard InChI is InChI=1S/C14H14BrF2NO4/c1-3-21-13(19)9(14(20)22-4-2)7-18-8-5-10(16)12(15)11(17)6-8/h5-7,18H,3-4H2,1-2H3. The van der Waals surface area contributed by atoms with Gasteiger partial charge in [0.05, 0.1) is 17.7 Å². The van der Waals surface area contributed by atoms with Crippen molar-refractivity contribution in [3.8, 4) is 0 Å². The predicted octanol–water partition coefficient (Wildman–Crippen LogP) is 3.15. The Morgan fingerprint density at radius 2 is 1.59 bits per heavy atom. The molecule has 0 saturated carbocycles. The number of hydrogen-bond acceptors (Lipinski definition) is 5. The van der Waals surface area contributed by atoms with Crippen LogP contribution in [-0.4, -0.2) is 25.2 Å². The highest BCUT2D eigenvalue weighted by atomic mass is 79.9. The molecule has 0 amide bonds. The van der Waals surface area contributed by atoms with Gasteiger partial charge in [-0.25, -0.2) is 18.4 Å². The van der Waals surface area contributed by atoms with E-state index in [1.807, 2.05) is 0 Å². The molecule has 0 radical (unpaired) electrons. The van der Waals surface area contributed by atoms with Crippen LogP contribution in [0.5, 0.6) is 0 Å². The lowest BCUT2D eigenvalue weighted by Gasteiger charge is -2.08. The number of anilines is 1. The summed E-state index contributed by atoms with van der Waals surface area (Å²) in [7, 11) is 0. The Bertz CT molecular complexity index is 562. The minimum Gasteiger partial charge on any atom is -0.462 e. The van der Waals surface area contributed by atoms with E-state index in [2.05, 4.69) is 21.2 Å². The van der Waals surface area contributed by atoms with Crippen LogP contribution in [0, 0.1) is 11.6 Å². The Morgan fingerprint density at radius 3 is 2.00 bits per heavy atom. The average Bonchev–Trinajstić information content (AvgIpc) is 2.45. The fraction of sp³-hybridized carbons (Fsp3) is 0.286. The van der Waals surface area contributed by atoms with E-state index >= 15 is 0 Å². The molecule has 1 aromatic carbocycles. The summed E-state index contributed by atoms with van der Waals surface area (Å²) in [5.41, 5.74) is -0.392. The zero-order valence-corrected chi connectivity index (χ0v) is 13.5. The van der Waals surface area contributed by atoms with Gasteiger partial charge in [0.15, 0.2) is 5.57 Å². The Morgan fingerprint density at radius 1 is 1.14 bits per heavy atom. The zero-order chi connectivity index (χ0) is 16.7. The Kier molecular flexibility index (Phi) is 6.97. The minimum absolute atomic E-state index is 0.0179. The van der Waals surface area contributed by atoms with E-state index in [9.17, 15) is 18.4 Å². The first-order valence-electron chi connectivity index (χ1n) is 6.36. The third-order valence-electron chi connectivity index (χ3n) is 2.36. The Labute approximate surface area is 134 Å². The SMILES string of the molecule is CCOC(=O)C(=CNc1cc(F)c(Br)c(F)c1)C(=O)OCC. The molecule has 0 spiro atoms. The maximum atomic E-state index is 13.4. The number of carbonyl (C=O) groups excluding carboxylic acids is 2. The van der Waals surface area contributed by atoms with Gasteiger partial charge in [-0.2, -0.15) is 0 Å². The molecule has 0 aliphatic rings. The second kappa shape index (κ2) is 8.47. The van der Waals surface area contributed by atoms with E-state index in [-0.39, 0.29) is 23.4 Å². The molecule has 5 nitrogen and oxygen atoms in total. The highest BCUT2D eigenvalue weighted by Gasteiger charge is 2.21. The van der Waals surface area contributed by atoms with Gasteiger partial charge < -0.3 is 14.8 Å². The summed E-state index contributed by atoms with van der Waals surface area (Å²) >= 11 is 2.74. The van der Waals surface area contributed by atoms with Crippen LogP contribution in [0.2, 0.25) is 0 Å². The van der Waals surface area contributed by atoms with Crippen LogP contribution in [0.1, 0.15) is 13.8 Å². The van der Waals surface area contributed by atoms with Gasteiger partial charge in [-0.15, -0.1) is 0 Å². The van der Waals surface area contributed by atoms with Gasteiger partial charge in [-0.3, -0.25) is 0 Å². The molecule has 0 heterocycles. The summed E-state index contributed by atoms with van der Waals surface area (Å²) in [6.45, 7) is 3.29. The number of nitrogens with one attached hydrogen (secondary N) is 1. The summed E-state index contributed by atoms with van der Waals surface area (Å²) < 4.78 is 35.9. The Balaban J connectivity index is 3.02. The van der Waals surface area contributed by atoms with Crippen molar-refractivity contribution in [1.29, 1.82) is 0 Å². The number of hydrogen-bond donors (Lipinski definition) is 1. The third kappa shape index (κ3) is 4.80. The summed E-state index contributed by atoms with van der Waals surface area (Å²) in [5.74, 6) is -3.45. The average molecular weight is 378 g/mol. The highest BCUT2D eigenvalue weighted by Crippen LogP contribution is 2.23. The smallest absolute Gasteiger partial charge is 0.347 e. The van der Waals surface area contributed by atoms with Gasteiger partial charge in [0.2, 0.25) is 0 Å². The quantitative estimate of drug-likeness (QED) is 0.271. The van der Waals surface area contributed by atoms with Crippen LogP contribution in [0.3, 0.4) is 0 Å². The lowest BCUT2D eigenvalue weighted by molar-refractivity contribution is -0.146. The number of halogens is 3. The first kappa shape index (κ1) is 18.1. The van der Waals surface area contributed by atoms with Gasteiger partial charge in [0.25, 0.3) is 0 Å². The van der Waals surface area contributed by atoms with E-state index in [4.69, 9.17) is 9.47 Å². The maximum Gasteiger partial charge on any atom is 0.347 e. The van der Waals surface area contributed by atoms with Crippen molar-refractivity contribution in [3.63, 3.8) is 0 Å². The van der Waals surface area contributed by atoms with E-state index in [1.165, 1.54) is 0 Å². The molecular weight excluding hydrogens is 364 g/mol. The predicted molar refractivity (Wildman–Crippen MR) is 79.0 cm³/mol. The van der Waals surface area contributed by atoms with Crippen molar-refractivity contribution in [2.45, 2.75) is 13.8 Å². The van der Waals surface area contributed by atoms with Crippen LogP contribution in [0.25, 0.3) is 0 Å². The summed E-state index contributed by atoms with van der Waals surface area (Å²) in [6.07, 6.45) is 0.984. The lowest BCUT2D eigenvalue weighted by Crippen LogP contribution is -2.19. The van der Waals surface area contributed by atoms with Gasteiger partial charge in [-0.05, 0) is 41.9 Å². The molecule has 0 unspecified atom stereocenters. The van der Waals surface area contributed by atoms with Crippen molar-refractivity contribution in [2.24, 2.45) is 0 Å². The van der Waals surface area contributed by atoms with Crippen LogP contribution in [-0.2, 0) is 19.1 Å². The van der Waals surface area contributed by atoms with Crippen molar-refractivity contribution in [3.05, 3.63) is 40.0 Å². The molecule has 0 bridgehead atoms. The molecule has 120 valence electrons. The largest absolute Gasteiger partial charge is 0.462 e. The molecule has 0 fully saturated rings. The highest BCUT2D eigenvalue weighted by molar-refractivity contribution is 9.10. The molecule has 22 heavy (non-hydrogen) atoms.